The molecule has 1 N–H and O–H groups in total. The Hall–Kier alpha value is -2.64. The number of carbonyl (C=O) groups excluding carboxylic acids is 2. The quantitative estimate of drug-likeness (QED) is 0.876. The van der Waals surface area contributed by atoms with Gasteiger partial charge < -0.3 is 15.0 Å². The molecule has 26 heavy (non-hydrogen) atoms. The fraction of sp³-hybridized carbons (Fsp3) is 0.500. The van der Waals surface area contributed by atoms with Crippen molar-refractivity contribution in [1.29, 1.82) is 0 Å². The molecule has 0 aliphatic carbocycles. The van der Waals surface area contributed by atoms with Gasteiger partial charge in [0.15, 0.2) is 5.75 Å². The fourth-order valence-corrected chi connectivity index (χ4v) is 3.07. The van der Waals surface area contributed by atoms with Crippen LogP contribution in [0.3, 0.4) is 0 Å². The van der Waals surface area contributed by atoms with Gasteiger partial charge in [-0.05, 0) is 45.7 Å². The smallest absolute Gasteiger partial charge is 0.410 e. The second-order valence-corrected chi connectivity index (χ2v) is 7.52. The number of hydrogen-bond acceptors (Lipinski definition) is 5. The third-order valence-electron chi connectivity index (χ3n) is 4.42. The van der Waals surface area contributed by atoms with Crippen LogP contribution in [0.2, 0.25) is 0 Å². The summed E-state index contributed by atoms with van der Waals surface area (Å²) in [6, 6.07) is 6.27. The minimum absolute atomic E-state index is 0.0418. The first-order valence-electron chi connectivity index (χ1n) is 8.51. The highest BCUT2D eigenvalue weighted by Gasteiger charge is 2.47. The van der Waals surface area contributed by atoms with E-state index in [1.165, 1.54) is 12.1 Å². The fourth-order valence-electron chi connectivity index (χ4n) is 3.07. The number of piperidine rings is 1. The molecular weight excluding hydrogens is 341 g/mol. The van der Waals surface area contributed by atoms with E-state index < -0.39 is 11.1 Å². The molecule has 1 fully saturated rings. The van der Waals surface area contributed by atoms with E-state index in [1.807, 2.05) is 20.8 Å². The lowest BCUT2D eigenvalue weighted by atomic mass is 9.88. The summed E-state index contributed by atoms with van der Waals surface area (Å²) in [6.45, 7) is 6.20. The maximum Gasteiger partial charge on any atom is 0.410 e. The van der Waals surface area contributed by atoms with Gasteiger partial charge in [-0.2, -0.15) is 0 Å². The molecule has 1 spiro atoms. The van der Waals surface area contributed by atoms with Gasteiger partial charge >= 0.3 is 6.09 Å². The Bertz CT molecular complexity index is 749. The van der Waals surface area contributed by atoms with E-state index in [9.17, 15) is 14.1 Å². The number of rotatable bonds is 2. The molecule has 0 saturated carbocycles. The standard InChI is InChI=1S/C18H22FN3O4/c1-17(2,3)25-16(24)22-9-7-18(8-10-22)15(23)20-14(21-18)12-5-4-6-13(11-12)26-19/h4-6,11H,7-10H2,1-3H3,(H,20,21,23). The molecule has 2 heterocycles. The summed E-state index contributed by atoms with van der Waals surface area (Å²) in [5, 5.41) is 2.76. The van der Waals surface area contributed by atoms with Gasteiger partial charge in [-0.1, -0.05) is 12.1 Å². The number of amides is 2. The lowest BCUT2D eigenvalue weighted by Gasteiger charge is -2.36. The molecule has 1 saturated heterocycles. The number of carbonyl (C=O) groups is 2. The first kappa shape index (κ1) is 18.2. The van der Waals surface area contributed by atoms with Crippen LogP contribution < -0.4 is 10.3 Å². The molecule has 0 atom stereocenters. The zero-order valence-electron chi connectivity index (χ0n) is 15.0. The van der Waals surface area contributed by atoms with Crippen LogP contribution in [0.5, 0.6) is 5.75 Å². The number of halogens is 1. The molecule has 0 radical (unpaired) electrons. The number of likely N-dealkylation sites (tertiary alicyclic amines) is 1. The predicted octanol–water partition coefficient (Wildman–Crippen LogP) is 2.60. The van der Waals surface area contributed by atoms with E-state index in [-0.39, 0.29) is 17.7 Å². The van der Waals surface area contributed by atoms with Gasteiger partial charge in [-0.3, -0.25) is 14.7 Å². The van der Waals surface area contributed by atoms with Gasteiger partial charge in [-0.15, -0.1) is 0 Å². The van der Waals surface area contributed by atoms with Gasteiger partial charge in [0.2, 0.25) is 0 Å². The lowest BCUT2D eigenvalue weighted by molar-refractivity contribution is -0.125. The maximum absolute atomic E-state index is 12.5. The van der Waals surface area contributed by atoms with Crippen LogP contribution in [-0.2, 0) is 9.53 Å². The summed E-state index contributed by atoms with van der Waals surface area (Å²) in [6.07, 6.45) is 0.421. The Kier molecular flexibility index (Phi) is 4.60. The van der Waals surface area contributed by atoms with Gasteiger partial charge in [0.25, 0.3) is 5.91 Å². The summed E-state index contributed by atoms with van der Waals surface area (Å²) in [5.41, 5.74) is -0.897. The molecule has 2 amide bonds. The van der Waals surface area contributed by atoms with E-state index in [0.29, 0.717) is 37.3 Å². The van der Waals surface area contributed by atoms with Gasteiger partial charge in [0, 0.05) is 23.2 Å². The summed E-state index contributed by atoms with van der Waals surface area (Å²) < 4.78 is 17.7. The van der Waals surface area contributed by atoms with Gasteiger partial charge in [0.1, 0.15) is 17.0 Å². The first-order chi connectivity index (χ1) is 12.2. The third kappa shape index (κ3) is 3.63. The van der Waals surface area contributed by atoms with Crippen molar-refractivity contribution in [3.63, 3.8) is 0 Å². The van der Waals surface area contributed by atoms with Crippen molar-refractivity contribution in [2.75, 3.05) is 13.1 Å². The minimum atomic E-state index is -0.902. The zero-order chi connectivity index (χ0) is 18.9. The number of amidine groups is 1. The van der Waals surface area contributed by atoms with Gasteiger partial charge in [-0.25, -0.2) is 4.79 Å². The molecule has 1 aromatic carbocycles. The molecule has 2 aliphatic heterocycles. The number of nitrogens with zero attached hydrogens (tertiary/aromatic N) is 2. The molecule has 0 aromatic heterocycles. The highest BCUT2D eigenvalue weighted by molar-refractivity contribution is 6.15. The van der Waals surface area contributed by atoms with Crippen molar-refractivity contribution in [2.45, 2.75) is 44.8 Å². The second-order valence-electron chi connectivity index (χ2n) is 7.52. The third-order valence-corrected chi connectivity index (χ3v) is 4.42. The average molecular weight is 363 g/mol. The number of aliphatic imine (C=N–C) groups is 1. The Labute approximate surface area is 151 Å². The van der Waals surface area contributed by atoms with E-state index >= 15 is 0 Å². The van der Waals surface area contributed by atoms with E-state index in [0.717, 1.165) is 0 Å². The lowest BCUT2D eigenvalue weighted by Crippen LogP contribution is -2.51. The van der Waals surface area contributed by atoms with Crippen LogP contribution in [0.25, 0.3) is 0 Å². The second kappa shape index (κ2) is 6.59. The summed E-state index contributed by atoms with van der Waals surface area (Å²) >= 11 is 0. The van der Waals surface area contributed by atoms with E-state index in [4.69, 9.17) is 4.74 Å². The molecule has 0 bridgehead atoms. The van der Waals surface area contributed by atoms with Crippen LogP contribution >= 0.6 is 0 Å². The zero-order valence-corrected chi connectivity index (χ0v) is 15.0. The van der Waals surface area contributed by atoms with Crippen LogP contribution in [0, 0.1) is 0 Å². The predicted molar refractivity (Wildman–Crippen MR) is 92.6 cm³/mol. The first-order valence-corrected chi connectivity index (χ1v) is 8.51. The van der Waals surface area contributed by atoms with Crippen LogP contribution in [0.4, 0.5) is 9.32 Å². The van der Waals surface area contributed by atoms with E-state index in [1.54, 1.807) is 17.0 Å². The van der Waals surface area contributed by atoms with Crippen LogP contribution in [0.1, 0.15) is 39.2 Å². The van der Waals surface area contributed by atoms with Crippen molar-refractivity contribution in [1.82, 2.24) is 10.2 Å². The van der Waals surface area contributed by atoms with Crippen molar-refractivity contribution < 1.29 is 23.8 Å². The Morgan fingerprint density at radius 2 is 2.00 bits per heavy atom. The summed E-state index contributed by atoms with van der Waals surface area (Å²) in [5.74, 6) is 0.225. The van der Waals surface area contributed by atoms with Crippen molar-refractivity contribution in [3.05, 3.63) is 29.8 Å². The maximum atomic E-state index is 12.5. The molecule has 0 unspecified atom stereocenters. The number of hydrogen-bond donors (Lipinski definition) is 1. The number of benzene rings is 1. The Balaban J connectivity index is 1.72. The molecule has 1 aromatic rings. The van der Waals surface area contributed by atoms with E-state index in [2.05, 4.69) is 15.3 Å². The van der Waals surface area contributed by atoms with Crippen molar-refractivity contribution in [3.8, 4) is 5.75 Å². The highest BCUT2D eigenvalue weighted by Crippen LogP contribution is 2.32. The largest absolute Gasteiger partial charge is 0.444 e. The molecule has 8 heteroatoms. The molecule has 140 valence electrons. The minimum Gasteiger partial charge on any atom is -0.444 e. The molecule has 7 nitrogen and oxygen atoms in total. The monoisotopic (exact) mass is 363 g/mol. The molecule has 2 aliphatic rings. The van der Waals surface area contributed by atoms with Crippen LogP contribution in [-0.4, -0.2) is 47.0 Å². The highest BCUT2D eigenvalue weighted by atomic mass is 19.3. The van der Waals surface area contributed by atoms with Crippen molar-refractivity contribution >= 4 is 17.8 Å². The molecule has 3 rings (SSSR count). The molecular formula is C18H22FN3O4. The summed E-state index contributed by atoms with van der Waals surface area (Å²) in [7, 11) is 0. The topological polar surface area (TPSA) is 80.2 Å². The normalized spacial score (nSPS) is 19.2. The number of ether oxygens (including phenoxy) is 1. The van der Waals surface area contributed by atoms with Crippen LogP contribution in [0.15, 0.2) is 29.3 Å². The summed E-state index contributed by atoms with van der Waals surface area (Å²) in [4.78, 5) is 34.6. The Morgan fingerprint density at radius 1 is 1.31 bits per heavy atom. The average Bonchev–Trinajstić information content (AvgIpc) is 2.90. The Morgan fingerprint density at radius 3 is 2.62 bits per heavy atom. The number of nitrogens with one attached hydrogen (secondary N) is 1. The SMILES string of the molecule is CC(C)(C)OC(=O)N1CCC2(CC1)N=C(c1cccc(OF)c1)NC2=O. The van der Waals surface area contributed by atoms with Gasteiger partial charge in [0.05, 0.1) is 0 Å². The van der Waals surface area contributed by atoms with Crippen molar-refractivity contribution in [2.24, 2.45) is 4.99 Å².